The van der Waals surface area contributed by atoms with Gasteiger partial charge in [-0.15, -0.1) is 12.3 Å². The molecule has 3 heteroatoms. The van der Waals surface area contributed by atoms with Crippen LogP contribution in [0.15, 0.2) is 0 Å². The van der Waals surface area contributed by atoms with E-state index in [1.165, 1.54) is 0 Å². The average Bonchev–Trinajstić information content (AvgIpc) is 2.48. The van der Waals surface area contributed by atoms with Gasteiger partial charge in [0.1, 0.15) is 0 Å². The molecule has 66 valence electrons. The molecule has 1 aliphatic rings. The zero-order valence-corrected chi connectivity index (χ0v) is 6.99. The second-order valence-electron chi connectivity index (χ2n) is 3.08. The molecule has 1 atom stereocenters. The minimum Gasteiger partial charge on any atom is -0.481 e. The van der Waals surface area contributed by atoms with Gasteiger partial charge in [0.15, 0.2) is 0 Å². The smallest absolute Gasteiger partial charge is 0.307 e. The van der Waals surface area contributed by atoms with Crippen LogP contribution >= 0.6 is 0 Å². The third-order valence-corrected chi connectivity index (χ3v) is 2.19. The van der Waals surface area contributed by atoms with E-state index in [9.17, 15) is 4.79 Å². The third kappa shape index (κ3) is 2.24. The predicted molar refractivity (Wildman–Crippen MR) is 45.6 cm³/mol. The van der Waals surface area contributed by atoms with Gasteiger partial charge in [0.25, 0.3) is 0 Å². The summed E-state index contributed by atoms with van der Waals surface area (Å²) in [7, 11) is 0. The summed E-state index contributed by atoms with van der Waals surface area (Å²) in [6, 6.07) is 0. The van der Waals surface area contributed by atoms with Crippen molar-refractivity contribution in [3.05, 3.63) is 0 Å². The van der Waals surface area contributed by atoms with E-state index < -0.39 is 5.97 Å². The van der Waals surface area contributed by atoms with Gasteiger partial charge >= 0.3 is 5.97 Å². The lowest BCUT2D eigenvalue weighted by Gasteiger charge is -2.12. The van der Waals surface area contributed by atoms with Crippen LogP contribution in [0.2, 0.25) is 0 Å². The lowest BCUT2D eigenvalue weighted by Crippen LogP contribution is -2.23. The van der Waals surface area contributed by atoms with E-state index in [4.69, 9.17) is 11.5 Å². The standard InChI is InChI=1S/C9H13NO2/c1-2-3-5-10-6-4-8(7-10)9(11)12/h1,8H,3-7H2,(H,11,12). The van der Waals surface area contributed by atoms with Crippen LogP contribution in [0.3, 0.4) is 0 Å². The van der Waals surface area contributed by atoms with Crippen LogP contribution in [0, 0.1) is 18.3 Å². The molecule has 0 bridgehead atoms. The number of nitrogens with zero attached hydrogens (tertiary/aromatic N) is 1. The van der Waals surface area contributed by atoms with Crippen LogP contribution < -0.4 is 0 Å². The summed E-state index contributed by atoms with van der Waals surface area (Å²) in [6.07, 6.45) is 6.59. The maximum absolute atomic E-state index is 10.6. The van der Waals surface area contributed by atoms with Crippen molar-refractivity contribution in [3.63, 3.8) is 0 Å². The van der Waals surface area contributed by atoms with E-state index in [0.717, 1.165) is 19.5 Å². The van der Waals surface area contributed by atoms with Crippen molar-refractivity contribution in [2.75, 3.05) is 19.6 Å². The van der Waals surface area contributed by atoms with Gasteiger partial charge in [-0.25, -0.2) is 0 Å². The Kier molecular flexibility index (Phi) is 3.12. The second kappa shape index (κ2) is 4.13. The summed E-state index contributed by atoms with van der Waals surface area (Å²) in [5, 5.41) is 8.69. The van der Waals surface area contributed by atoms with Crippen molar-refractivity contribution in [2.24, 2.45) is 5.92 Å². The molecule has 1 saturated heterocycles. The molecule has 1 unspecified atom stereocenters. The van der Waals surface area contributed by atoms with Crippen LogP contribution in [0.1, 0.15) is 12.8 Å². The molecule has 1 aliphatic heterocycles. The maximum Gasteiger partial charge on any atom is 0.307 e. The monoisotopic (exact) mass is 167 g/mol. The molecule has 0 spiro atoms. The number of terminal acetylenes is 1. The first kappa shape index (κ1) is 9.08. The molecular weight excluding hydrogens is 154 g/mol. The number of carboxylic acids is 1. The fourth-order valence-corrected chi connectivity index (χ4v) is 1.46. The minimum absolute atomic E-state index is 0.178. The highest BCUT2D eigenvalue weighted by Crippen LogP contribution is 2.15. The zero-order valence-electron chi connectivity index (χ0n) is 6.99. The molecule has 0 aromatic carbocycles. The zero-order chi connectivity index (χ0) is 8.97. The first-order valence-electron chi connectivity index (χ1n) is 4.12. The van der Waals surface area contributed by atoms with E-state index in [2.05, 4.69) is 10.8 Å². The first-order valence-corrected chi connectivity index (χ1v) is 4.12. The Morgan fingerprint density at radius 3 is 3.00 bits per heavy atom. The molecule has 0 aliphatic carbocycles. The number of hydrogen-bond acceptors (Lipinski definition) is 2. The van der Waals surface area contributed by atoms with E-state index in [1.54, 1.807) is 0 Å². The lowest BCUT2D eigenvalue weighted by molar-refractivity contribution is -0.141. The SMILES string of the molecule is C#CCCN1CCC(C(=O)O)C1. The number of carbonyl (C=O) groups is 1. The number of carboxylic acid groups (broad SMARTS) is 1. The van der Waals surface area contributed by atoms with Crippen LogP contribution in [0.5, 0.6) is 0 Å². The molecule has 0 aromatic rings. The number of likely N-dealkylation sites (tertiary alicyclic amines) is 1. The Balaban J connectivity index is 2.27. The van der Waals surface area contributed by atoms with Gasteiger partial charge < -0.3 is 10.0 Å². The quantitative estimate of drug-likeness (QED) is 0.619. The van der Waals surface area contributed by atoms with Crippen LogP contribution in [0.4, 0.5) is 0 Å². The topological polar surface area (TPSA) is 40.5 Å². The van der Waals surface area contributed by atoms with Crippen molar-refractivity contribution >= 4 is 5.97 Å². The number of rotatable bonds is 3. The molecule has 1 fully saturated rings. The van der Waals surface area contributed by atoms with Gasteiger partial charge in [-0.05, 0) is 13.0 Å². The van der Waals surface area contributed by atoms with Gasteiger partial charge in [-0.2, -0.15) is 0 Å². The van der Waals surface area contributed by atoms with Gasteiger partial charge in [-0.3, -0.25) is 4.79 Å². The van der Waals surface area contributed by atoms with Crippen molar-refractivity contribution in [2.45, 2.75) is 12.8 Å². The van der Waals surface area contributed by atoms with E-state index in [0.29, 0.717) is 13.0 Å². The Morgan fingerprint density at radius 1 is 1.75 bits per heavy atom. The van der Waals surface area contributed by atoms with Crippen molar-refractivity contribution in [1.29, 1.82) is 0 Å². The molecule has 3 nitrogen and oxygen atoms in total. The molecule has 12 heavy (non-hydrogen) atoms. The largest absolute Gasteiger partial charge is 0.481 e. The van der Waals surface area contributed by atoms with Crippen molar-refractivity contribution in [1.82, 2.24) is 4.90 Å². The Bertz CT molecular complexity index is 207. The summed E-state index contributed by atoms with van der Waals surface area (Å²) in [4.78, 5) is 12.7. The number of hydrogen-bond donors (Lipinski definition) is 1. The van der Waals surface area contributed by atoms with E-state index in [-0.39, 0.29) is 5.92 Å². The Labute approximate surface area is 72.4 Å². The second-order valence-corrected chi connectivity index (χ2v) is 3.08. The molecule has 0 radical (unpaired) electrons. The summed E-state index contributed by atoms with van der Waals surface area (Å²) >= 11 is 0. The summed E-state index contributed by atoms with van der Waals surface area (Å²) in [6.45, 7) is 2.37. The van der Waals surface area contributed by atoms with Gasteiger partial charge in [0, 0.05) is 19.5 Å². The van der Waals surface area contributed by atoms with Crippen LogP contribution in [0.25, 0.3) is 0 Å². The summed E-state index contributed by atoms with van der Waals surface area (Å²) < 4.78 is 0. The predicted octanol–water partition coefficient (Wildman–Crippen LogP) is 0.416. The van der Waals surface area contributed by atoms with E-state index >= 15 is 0 Å². The maximum atomic E-state index is 10.6. The minimum atomic E-state index is -0.682. The molecule has 1 rings (SSSR count). The lowest BCUT2D eigenvalue weighted by atomic mass is 10.1. The highest BCUT2D eigenvalue weighted by Gasteiger charge is 2.26. The van der Waals surface area contributed by atoms with Crippen molar-refractivity contribution in [3.8, 4) is 12.3 Å². The van der Waals surface area contributed by atoms with Crippen molar-refractivity contribution < 1.29 is 9.90 Å². The van der Waals surface area contributed by atoms with Gasteiger partial charge in [0.2, 0.25) is 0 Å². The molecule has 0 amide bonds. The van der Waals surface area contributed by atoms with Crippen LogP contribution in [-0.2, 0) is 4.79 Å². The highest BCUT2D eigenvalue weighted by molar-refractivity contribution is 5.70. The molecule has 0 aromatic heterocycles. The normalized spacial score (nSPS) is 23.8. The van der Waals surface area contributed by atoms with Gasteiger partial charge in [-0.1, -0.05) is 0 Å². The average molecular weight is 167 g/mol. The molecular formula is C9H13NO2. The fourth-order valence-electron chi connectivity index (χ4n) is 1.46. The Morgan fingerprint density at radius 2 is 2.50 bits per heavy atom. The summed E-state index contributed by atoms with van der Waals surface area (Å²) in [5.41, 5.74) is 0. The fraction of sp³-hybridized carbons (Fsp3) is 0.667. The molecule has 1 heterocycles. The van der Waals surface area contributed by atoms with Crippen LogP contribution in [-0.4, -0.2) is 35.6 Å². The highest BCUT2D eigenvalue weighted by atomic mass is 16.4. The van der Waals surface area contributed by atoms with Gasteiger partial charge in [0.05, 0.1) is 5.92 Å². The third-order valence-electron chi connectivity index (χ3n) is 2.19. The molecule has 0 saturated carbocycles. The molecule has 1 N–H and O–H groups in total. The summed E-state index contributed by atoms with van der Waals surface area (Å²) in [5.74, 6) is 1.69. The number of aliphatic carboxylic acids is 1. The Hall–Kier alpha value is -1.01. The van der Waals surface area contributed by atoms with E-state index in [1.807, 2.05) is 0 Å². The first-order chi connectivity index (χ1) is 5.74.